The van der Waals surface area contributed by atoms with Gasteiger partial charge in [-0.2, -0.15) is 4.98 Å². The first-order valence-corrected chi connectivity index (χ1v) is 5.39. The Bertz CT molecular complexity index is 329. The summed E-state index contributed by atoms with van der Waals surface area (Å²) in [7, 11) is 1.59. The van der Waals surface area contributed by atoms with Gasteiger partial charge in [0, 0.05) is 18.8 Å². The molecule has 2 rings (SSSR count). The molecule has 82 valence electrons. The van der Waals surface area contributed by atoms with Gasteiger partial charge in [0.05, 0.1) is 12.8 Å². The lowest BCUT2D eigenvalue weighted by molar-refractivity contribution is 0.255. The first kappa shape index (κ1) is 10.4. The molecule has 0 amide bonds. The van der Waals surface area contributed by atoms with Crippen LogP contribution in [0.25, 0.3) is 0 Å². The topological polar surface area (TPSA) is 38.2 Å². The second kappa shape index (κ2) is 4.57. The molecular weight excluding hydrogens is 190 g/mol. The molecule has 1 aliphatic heterocycles. The number of nitrogens with zero attached hydrogens (tertiary/aromatic N) is 3. The molecule has 0 spiro atoms. The fourth-order valence-electron chi connectivity index (χ4n) is 2.00. The number of hydrogen-bond acceptors (Lipinski definition) is 4. The van der Waals surface area contributed by atoms with E-state index in [1.165, 1.54) is 19.4 Å². The molecule has 2 heterocycles. The smallest absolute Gasteiger partial charge is 0.316 e. The van der Waals surface area contributed by atoms with Crippen LogP contribution in [0.3, 0.4) is 0 Å². The molecule has 1 atom stereocenters. The average Bonchev–Trinajstić information content (AvgIpc) is 2.65. The summed E-state index contributed by atoms with van der Waals surface area (Å²) in [6, 6.07) is 3.08. The van der Waals surface area contributed by atoms with Gasteiger partial charge in [0.1, 0.15) is 0 Å². The van der Waals surface area contributed by atoms with Gasteiger partial charge in [0.2, 0.25) is 0 Å². The van der Waals surface area contributed by atoms with E-state index in [0.717, 1.165) is 12.2 Å². The van der Waals surface area contributed by atoms with Crippen LogP contribution in [0.2, 0.25) is 0 Å². The van der Waals surface area contributed by atoms with Gasteiger partial charge >= 0.3 is 6.01 Å². The lowest BCUT2D eigenvalue weighted by atomic mass is 10.2. The van der Waals surface area contributed by atoms with Gasteiger partial charge in [-0.3, -0.25) is 4.90 Å². The van der Waals surface area contributed by atoms with Crippen LogP contribution >= 0.6 is 0 Å². The van der Waals surface area contributed by atoms with Crippen molar-refractivity contribution in [2.45, 2.75) is 32.4 Å². The molecular formula is C11H17N3O. The molecule has 1 fully saturated rings. The van der Waals surface area contributed by atoms with Crippen LogP contribution in [0.4, 0.5) is 0 Å². The molecule has 1 aromatic heterocycles. The minimum absolute atomic E-state index is 0.458. The third-order valence-electron chi connectivity index (χ3n) is 2.93. The highest BCUT2D eigenvalue weighted by Crippen LogP contribution is 2.18. The molecule has 0 bridgehead atoms. The maximum atomic E-state index is 5.01. The number of aromatic nitrogens is 2. The van der Waals surface area contributed by atoms with E-state index in [4.69, 9.17) is 4.74 Å². The Morgan fingerprint density at radius 1 is 1.60 bits per heavy atom. The van der Waals surface area contributed by atoms with E-state index >= 15 is 0 Å². The van der Waals surface area contributed by atoms with Crippen molar-refractivity contribution in [3.05, 3.63) is 18.0 Å². The van der Waals surface area contributed by atoms with Crippen molar-refractivity contribution < 1.29 is 4.74 Å². The highest BCUT2D eigenvalue weighted by molar-refractivity contribution is 5.05. The molecule has 0 aliphatic carbocycles. The lowest BCUT2D eigenvalue weighted by Crippen LogP contribution is -2.26. The number of ether oxygens (including phenoxy) is 1. The zero-order valence-electron chi connectivity index (χ0n) is 9.31. The highest BCUT2D eigenvalue weighted by Gasteiger charge is 2.20. The molecule has 0 saturated carbocycles. The molecule has 0 N–H and O–H groups in total. The van der Waals surface area contributed by atoms with Crippen molar-refractivity contribution in [3.8, 4) is 6.01 Å². The summed E-state index contributed by atoms with van der Waals surface area (Å²) in [4.78, 5) is 10.8. The Hall–Kier alpha value is -1.16. The SMILES string of the molecule is COc1nccc(CN2CCCC2C)n1. The van der Waals surface area contributed by atoms with E-state index in [-0.39, 0.29) is 0 Å². The predicted octanol–water partition coefficient (Wildman–Crippen LogP) is 1.47. The minimum atomic E-state index is 0.458. The average molecular weight is 207 g/mol. The minimum Gasteiger partial charge on any atom is -0.467 e. The van der Waals surface area contributed by atoms with Crippen molar-refractivity contribution in [1.29, 1.82) is 0 Å². The molecule has 4 nitrogen and oxygen atoms in total. The molecule has 1 aliphatic rings. The summed E-state index contributed by atoms with van der Waals surface area (Å²) < 4.78 is 5.01. The van der Waals surface area contributed by atoms with Gasteiger partial charge in [-0.05, 0) is 32.4 Å². The van der Waals surface area contributed by atoms with Crippen molar-refractivity contribution in [3.63, 3.8) is 0 Å². The largest absolute Gasteiger partial charge is 0.467 e. The van der Waals surface area contributed by atoms with Gasteiger partial charge in [-0.15, -0.1) is 0 Å². The second-order valence-electron chi connectivity index (χ2n) is 4.00. The van der Waals surface area contributed by atoms with E-state index in [9.17, 15) is 0 Å². The Morgan fingerprint density at radius 2 is 2.47 bits per heavy atom. The standard InChI is InChI=1S/C11H17N3O/c1-9-4-3-7-14(9)8-10-5-6-12-11(13-10)15-2/h5-6,9H,3-4,7-8H2,1-2H3. The van der Waals surface area contributed by atoms with Crippen LogP contribution in [0.1, 0.15) is 25.5 Å². The summed E-state index contributed by atoms with van der Waals surface area (Å²) in [5.41, 5.74) is 1.04. The highest BCUT2D eigenvalue weighted by atomic mass is 16.5. The van der Waals surface area contributed by atoms with Crippen LogP contribution in [0, 0.1) is 0 Å². The van der Waals surface area contributed by atoms with Gasteiger partial charge in [-0.1, -0.05) is 0 Å². The third-order valence-corrected chi connectivity index (χ3v) is 2.93. The van der Waals surface area contributed by atoms with Crippen molar-refractivity contribution in [2.75, 3.05) is 13.7 Å². The van der Waals surface area contributed by atoms with Crippen LogP contribution in [0.5, 0.6) is 6.01 Å². The number of hydrogen-bond donors (Lipinski definition) is 0. The van der Waals surface area contributed by atoms with Gasteiger partial charge in [-0.25, -0.2) is 4.98 Å². The molecule has 15 heavy (non-hydrogen) atoms. The zero-order chi connectivity index (χ0) is 10.7. The number of methoxy groups -OCH3 is 1. The molecule has 1 aromatic rings. The van der Waals surface area contributed by atoms with Crippen LogP contribution in [0.15, 0.2) is 12.3 Å². The normalized spacial score (nSPS) is 21.9. The van der Waals surface area contributed by atoms with Gasteiger partial charge in [0.25, 0.3) is 0 Å². The zero-order valence-corrected chi connectivity index (χ0v) is 9.31. The van der Waals surface area contributed by atoms with E-state index in [0.29, 0.717) is 12.1 Å². The van der Waals surface area contributed by atoms with Crippen molar-refractivity contribution in [2.24, 2.45) is 0 Å². The summed E-state index contributed by atoms with van der Waals surface area (Å²) in [5, 5.41) is 0. The van der Waals surface area contributed by atoms with Gasteiger partial charge < -0.3 is 4.74 Å². The Labute approximate surface area is 90.3 Å². The van der Waals surface area contributed by atoms with Crippen LogP contribution < -0.4 is 4.74 Å². The maximum Gasteiger partial charge on any atom is 0.316 e. The molecule has 0 radical (unpaired) electrons. The van der Waals surface area contributed by atoms with Crippen LogP contribution in [-0.2, 0) is 6.54 Å². The predicted molar refractivity (Wildman–Crippen MR) is 57.7 cm³/mol. The van der Waals surface area contributed by atoms with E-state index in [1.807, 2.05) is 6.07 Å². The van der Waals surface area contributed by atoms with Crippen LogP contribution in [-0.4, -0.2) is 34.6 Å². The van der Waals surface area contributed by atoms with E-state index in [1.54, 1.807) is 13.3 Å². The maximum absolute atomic E-state index is 5.01. The molecule has 4 heteroatoms. The summed E-state index contributed by atoms with van der Waals surface area (Å²) in [6.07, 6.45) is 4.34. The number of likely N-dealkylation sites (tertiary alicyclic amines) is 1. The second-order valence-corrected chi connectivity index (χ2v) is 4.00. The van der Waals surface area contributed by atoms with E-state index in [2.05, 4.69) is 21.8 Å². The summed E-state index contributed by atoms with van der Waals surface area (Å²) >= 11 is 0. The van der Waals surface area contributed by atoms with Crippen molar-refractivity contribution in [1.82, 2.24) is 14.9 Å². The lowest BCUT2D eigenvalue weighted by Gasteiger charge is -2.20. The summed E-state index contributed by atoms with van der Waals surface area (Å²) in [5.74, 6) is 0. The van der Waals surface area contributed by atoms with Gasteiger partial charge in [0.15, 0.2) is 0 Å². The van der Waals surface area contributed by atoms with E-state index < -0.39 is 0 Å². The monoisotopic (exact) mass is 207 g/mol. The molecule has 0 aromatic carbocycles. The Morgan fingerprint density at radius 3 is 3.13 bits per heavy atom. The number of rotatable bonds is 3. The first-order chi connectivity index (χ1) is 7.29. The first-order valence-electron chi connectivity index (χ1n) is 5.39. The Kier molecular flexibility index (Phi) is 3.16. The quantitative estimate of drug-likeness (QED) is 0.752. The Balaban J connectivity index is 2.03. The fraction of sp³-hybridized carbons (Fsp3) is 0.636. The summed E-state index contributed by atoms with van der Waals surface area (Å²) in [6.45, 7) is 4.35. The fourth-order valence-corrected chi connectivity index (χ4v) is 2.00. The third kappa shape index (κ3) is 2.45. The van der Waals surface area contributed by atoms with Crippen molar-refractivity contribution >= 4 is 0 Å². The molecule has 1 saturated heterocycles. The molecule has 1 unspecified atom stereocenters.